The van der Waals surface area contributed by atoms with Crippen LogP contribution in [-0.2, 0) is 0 Å². The number of hydrogen-bond acceptors (Lipinski definition) is 3. The smallest absolute Gasteiger partial charge is 0.0239 e. The molecule has 0 aliphatic carbocycles. The molecular weight excluding hydrogens is 258 g/mol. The van der Waals surface area contributed by atoms with Gasteiger partial charge in [-0.25, -0.2) is 0 Å². The van der Waals surface area contributed by atoms with E-state index in [-0.39, 0.29) is 0 Å². The van der Waals surface area contributed by atoms with Crippen LogP contribution in [0.5, 0.6) is 0 Å². The molecule has 0 spiro atoms. The second-order valence-corrected chi connectivity index (χ2v) is 6.21. The van der Waals surface area contributed by atoms with Gasteiger partial charge in [-0.05, 0) is 52.0 Å². The SMILES string of the molecule is CC.CCN1CC2CC1CN2CC.CCN1CCCCC1. The first-order valence-corrected chi connectivity index (χ1v) is 9.48. The van der Waals surface area contributed by atoms with E-state index in [0.717, 1.165) is 12.1 Å². The molecule has 0 aromatic carbocycles. The highest BCUT2D eigenvalue weighted by Gasteiger charge is 2.41. The van der Waals surface area contributed by atoms with Crippen molar-refractivity contribution in [2.45, 2.75) is 72.4 Å². The summed E-state index contributed by atoms with van der Waals surface area (Å²) in [6, 6.07) is 1.79. The number of likely N-dealkylation sites (N-methyl/N-ethyl adjacent to an activating group) is 2. The summed E-state index contributed by atoms with van der Waals surface area (Å²) in [5, 5.41) is 0. The Labute approximate surface area is 133 Å². The minimum absolute atomic E-state index is 0.893. The third kappa shape index (κ3) is 5.54. The molecule has 21 heavy (non-hydrogen) atoms. The van der Waals surface area contributed by atoms with Crippen LogP contribution in [0.15, 0.2) is 0 Å². The minimum atomic E-state index is 0.893. The van der Waals surface area contributed by atoms with Gasteiger partial charge in [0.2, 0.25) is 0 Å². The molecule has 3 rings (SSSR count). The van der Waals surface area contributed by atoms with E-state index in [1.54, 1.807) is 0 Å². The van der Waals surface area contributed by atoms with Gasteiger partial charge in [0.15, 0.2) is 0 Å². The topological polar surface area (TPSA) is 9.72 Å². The number of piperazine rings is 1. The summed E-state index contributed by atoms with van der Waals surface area (Å²) in [6.45, 7) is 19.9. The number of piperidine rings is 1. The molecule has 2 bridgehead atoms. The van der Waals surface area contributed by atoms with Crippen LogP contribution in [0.2, 0.25) is 0 Å². The van der Waals surface area contributed by atoms with E-state index < -0.39 is 0 Å². The van der Waals surface area contributed by atoms with E-state index >= 15 is 0 Å². The molecule has 0 aromatic rings. The maximum Gasteiger partial charge on any atom is 0.0239 e. The van der Waals surface area contributed by atoms with Crippen LogP contribution >= 0.6 is 0 Å². The van der Waals surface area contributed by atoms with Crippen molar-refractivity contribution in [1.29, 1.82) is 0 Å². The van der Waals surface area contributed by atoms with E-state index in [1.165, 1.54) is 71.5 Å². The second kappa shape index (κ2) is 10.6. The zero-order chi connectivity index (χ0) is 15.7. The van der Waals surface area contributed by atoms with Crippen LogP contribution in [0.3, 0.4) is 0 Å². The van der Waals surface area contributed by atoms with E-state index in [1.807, 2.05) is 13.8 Å². The maximum absolute atomic E-state index is 2.62. The lowest BCUT2D eigenvalue weighted by Crippen LogP contribution is -2.45. The largest absolute Gasteiger partial charge is 0.304 e. The van der Waals surface area contributed by atoms with Crippen LogP contribution in [0.4, 0.5) is 0 Å². The molecule has 2 atom stereocenters. The summed E-state index contributed by atoms with van der Waals surface area (Å²) in [7, 11) is 0. The van der Waals surface area contributed by atoms with Crippen molar-refractivity contribution in [2.75, 3.05) is 45.8 Å². The van der Waals surface area contributed by atoms with Crippen LogP contribution in [0.25, 0.3) is 0 Å². The molecule has 3 heterocycles. The summed E-state index contributed by atoms with van der Waals surface area (Å²) in [6.07, 6.45) is 5.74. The molecule has 0 aromatic heterocycles. The Kier molecular flexibility index (Phi) is 9.54. The minimum Gasteiger partial charge on any atom is -0.304 e. The zero-order valence-corrected chi connectivity index (χ0v) is 15.3. The molecule has 0 amide bonds. The Balaban J connectivity index is 0.000000196. The number of hydrogen-bond donors (Lipinski definition) is 0. The Morgan fingerprint density at radius 1 is 0.714 bits per heavy atom. The first-order valence-electron chi connectivity index (χ1n) is 9.48. The van der Waals surface area contributed by atoms with Gasteiger partial charge in [0, 0.05) is 25.2 Å². The molecule has 3 fully saturated rings. The molecule has 3 heteroatoms. The van der Waals surface area contributed by atoms with Crippen molar-refractivity contribution < 1.29 is 0 Å². The molecule has 3 aliphatic rings. The first kappa shape index (κ1) is 18.9. The summed E-state index contributed by atoms with van der Waals surface area (Å²) in [4.78, 5) is 7.76. The van der Waals surface area contributed by atoms with Crippen molar-refractivity contribution in [3.8, 4) is 0 Å². The normalized spacial score (nSPS) is 29.6. The number of nitrogens with zero attached hydrogens (tertiary/aromatic N) is 3. The van der Waals surface area contributed by atoms with Crippen molar-refractivity contribution in [3.63, 3.8) is 0 Å². The fraction of sp³-hybridized carbons (Fsp3) is 1.00. The zero-order valence-electron chi connectivity index (χ0n) is 15.3. The van der Waals surface area contributed by atoms with Crippen LogP contribution < -0.4 is 0 Å². The predicted molar refractivity (Wildman–Crippen MR) is 94.0 cm³/mol. The number of likely N-dealkylation sites (tertiary alicyclic amines) is 3. The van der Waals surface area contributed by atoms with Gasteiger partial charge < -0.3 is 4.90 Å². The summed E-state index contributed by atoms with van der Waals surface area (Å²) >= 11 is 0. The van der Waals surface area contributed by atoms with Gasteiger partial charge in [-0.15, -0.1) is 0 Å². The van der Waals surface area contributed by atoms with Gasteiger partial charge in [-0.3, -0.25) is 9.80 Å². The van der Waals surface area contributed by atoms with E-state index in [4.69, 9.17) is 0 Å². The van der Waals surface area contributed by atoms with Crippen molar-refractivity contribution in [3.05, 3.63) is 0 Å². The molecule has 3 aliphatic heterocycles. The van der Waals surface area contributed by atoms with E-state index in [0.29, 0.717) is 0 Å². The molecule has 0 saturated carbocycles. The number of rotatable bonds is 3. The average molecular weight is 298 g/mol. The lowest BCUT2D eigenvalue weighted by atomic mass is 10.1. The van der Waals surface area contributed by atoms with Crippen molar-refractivity contribution in [2.24, 2.45) is 0 Å². The van der Waals surface area contributed by atoms with Gasteiger partial charge in [0.25, 0.3) is 0 Å². The van der Waals surface area contributed by atoms with Crippen LogP contribution in [0, 0.1) is 0 Å². The lowest BCUT2D eigenvalue weighted by molar-refractivity contribution is 0.138. The molecule has 3 nitrogen and oxygen atoms in total. The summed E-state index contributed by atoms with van der Waals surface area (Å²) < 4.78 is 0. The number of fused-ring (bicyclic) bond motifs is 2. The van der Waals surface area contributed by atoms with Gasteiger partial charge >= 0.3 is 0 Å². The summed E-state index contributed by atoms with van der Waals surface area (Å²) in [5.41, 5.74) is 0. The molecule has 126 valence electrons. The van der Waals surface area contributed by atoms with Crippen molar-refractivity contribution >= 4 is 0 Å². The van der Waals surface area contributed by atoms with Gasteiger partial charge in [0.05, 0.1) is 0 Å². The highest BCUT2D eigenvalue weighted by Crippen LogP contribution is 2.29. The van der Waals surface area contributed by atoms with Crippen molar-refractivity contribution in [1.82, 2.24) is 14.7 Å². The summed E-state index contributed by atoms with van der Waals surface area (Å²) in [5.74, 6) is 0. The molecular formula is C18H39N3. The lowest BCUT2D eigenvalue weighted by Gasteiger charge is -2.32. The fourth-order valence-corrected chi connectivity index (χ4v) is 3.88. The fourth-order valence-electron chi connectivity index (χ4n) is 3.88. The molecule has 3 saturated heterocycles. The van der Waals surface area contributed by atoms with E-state index in [9.17, 15) is 0 Å². The average Bonchev–Trinajstić information content (AvgIpc) is 3.17. The Morgan fingerprint density at radius 3 is 1.48 bits per heavy atom. The Bertz CT molecular complexity index is 235. The highest BCUT2D eigenvalue weighted by atomic mass is 15.3. The second-order valence-electron chi connectivity index (χ2n) is 6.21. The molecule has 0 radical (unpaired) electrons. The third-order valence-electron chi connectivity index (χ3n) is 5.18. The third-order valence-corrected chi connectivity index (χ3v) is 5.18. The monoisotopic (exact) mass is 297 g/mol. The van der Waals surface area contributed by atoms with Crippen LogP contribution in [-0.4, -0.2) is 72.6 Å². The Hall–Kier alpha value is -0.120. The van der Waals surface area contributed by atoms with Gasteiger partial charge in [-0.1, -0.05) is 41.0 Å². The van der Waals surface area contributed by atoms with Gasteiger partial charge in [0.1, 0.15) is 0 Å². The molecule has 2 unspecified atom stereocenters. The maximum atomic E-state index is 2.62. The Morgan fingerprint density at radius 2 is 1.19 bits per heavy atom. The quantitative estimate of drug-likeness (QED) is 0.791. The van der Waals surface area contributed by atoms with Gasteiger partial charge in [-0.2, -0.15) is 0 Å². The standard InChI is InChI=1S/C9H18N2.C7H15N.C2H6/c1-3-10-6-9-5-8(10)7-11(9)4-2;1-2-8-6-4-3-5-7-8;1-2/h8-9H,3-7H2,1-2H3;2-7H2,1H3;1-2H3. The highest BCUT2D eigenvalue weighted by molar-refractivity contribution is 4.98. The van der Waals surface area contributed by atoms with E-state index in [2.05, 4.69) is 35.5 Å². The predicted octanol–water partition coefficient (Wildman–Crippen LogP) is 3.30. The van der Waals surface area contributed by atoms with Crippen LogP contribution in [0.1, 0.15) is 60.3 Å². The first-order chi connectivity index (χ1) is 10.3. The molecule has 0 N–H and O–H groups in total.